The minimum absolute atomic E-state index is 0.716. The second-order valence-corrected chi connectivity index (χ2v) is 5.71. The number of hydrogen-bond acceptors (Lipinski definition) is 2. The maximum absolute atomic E-state index is 5.52. The summed E-state index contributed by atoms with van der Waals surface area (Å²) >= 11 is 5.52. The average Bonchev–Trinajstić information content (AvgIpc) is 2.39. The zero-order valence-corrected chi connectivity index (χ0v) is 12.7. The molecular weight excluding hydrogens is 256 g/mol. The van der Waals surface area contributed by atoms with Gasteiger partial charge in [-0.2, -0.15) is 0 Å². The molecule has 2 rings (SSSR count). The molecule has 0 bridgehead atoms. The quantitative estimate of drug-likeness (QED) is 0.838. The van der Waals surface area contributed by atoms with E-state index in [9.17, 15) is 0 Å². The van der Waals surface area contributed by atoms with Crippen LogP contribution in [0.5, 0.6) is 5.75 Å². The van der Waals surface area contributed by atoms with Gasteiger partial charge in [-0.15, -0.1) is 0 Å². The molecule has 1 atom stereocenters. The molecule has 1 aliphatic rings. The number of nitrogens with one attached hydrogen (secondary N) is 1. The van der Waals surface area contributed by atoms with Crippen LogP contribution in [0.25, 0.3) is 0 Å². The molecule has 1 saturated heterocycles. The summed E-state index contributed by atoms with van der Waals surface area (Å²) < 4.78 is 5.37. The van der Waals surface area contributed by atoms with Crippen LogP contribution in [0.3, 0.4) is 0 Å². The van der Waals surface area contributed by atoms with Crippen molar-refractivity contribution in [3.05, 3.63) is 23.8 Å². The SMILES string of the molecule is COc1ccc(C)cc1NC(=S)N1CCCC(C)C1. The van der Waals surface area contributed by atoms with Gasteiger partial charge in [-0.05, 0) is 55.6 Å². The standard InChI is InChI=1S/C15H22N2OS/c1-11-6-7-14(18-3)13(9-11)16-15(19)17-8-4-5-12(2)10-17/h6-7,9,12H,4-5,8,10H2,1-3H3,(H,16,19). The van der Waals surface area contributed by atoms with Gasteiger partial charge >= 0.3 is 0 Å². The number of nitrogens with zero attached hydrogens (tertiary/aromatic N) is 1. The van der Waals surface area contributed by atoms with Gasteiger partial charge in [0.1, 0.15) is 5.75 Å². The number of hydrogen-bond donors (Lipinski definition) is 1. The molecule has 19 heavy (non-hydrogen) atoms. The van der Waals surface area contributed by atoms with Gasteiger partial charge in [-0.25, -0.2) is 0 Å². The molecular formula is C15H22N2OS. The number of methoxy groups -OCH3 is 1. The van der Waals surface area contributed by atoms with Crippen LogP contribution >= 0.6 is 12.2 Å². The number of piperidine rings is 1. The molecule has 1 fully saturated rings. The van der Waals surface area contributed by atoms with Crippen LogP contribution < -0.4 is 10.1 Å². The average molecular weight is 278 g/mol. The van der Waals surface area contributed by atoms with Crippen LogP contribution in [0.4, 0.5) is 5.69 Å². The van der Waals surface area contributed by atoms with Crippen LogP contribution in [0.2, 0.25) is 0 Å². The molecule has 0 radical (unpaired) electrons. The van der Waals surface area contributed by atoms with Crippen molar-refractivity contribution in [1.82, 2.24) is 4.90 Å². The summed E-state index contributed by atoms with van der Waals surface area (Å²) in [5.41, 5.74) is 2.14. The smallest absolute Gasteiger partial charge is 0.173 e. The Kier molecular flexibility index (Phi) is 4.64. The van der Waals surface area contributed by atoms with Crippen molar-refractivity contribution in [3.63, 3.8) is 0 Å². The molecule has 0 saturated carbocycles. The number of likely N-dealkylation sites (tertiary alicyclic amines) is 1. The molecule has 0 aliphatic carbocycles. The van der Waals surface area contributed by atoms with Crippen molar-refractivity contribution >= 4 is 23.0 Å². The normalized spacial score (nSPS) is 19.1. The Bertz CT molecular complexity index is 461. The Morgan fingerprint density at radius 1 is 1.47 bits per heavy atom. The van der Waals surface area contributed by atoms with E-state index >= 15 is 0 Å². The molecule has 4 heteroatoms. The van der Waals surface area contributed by atoms with Crippen LogP contribution in [0.1, 0.15) is 25.3 Å². The molecule has 0 amide bonds. The van der Waals surface area contributed by atoms with Crippen LogP contribution in [-0.2, 0) is 0 Å². The van der Waals surface area contributed by atoms with E-state index in [0.29, 0.717) is 5.92 Å². The predicted molar refractivity (Wildman–Crippen MR) is 83.9 cm³/mol. The molecule has 1 heterocycles. The van der Waals surface area contributed by atoms with Gasteiger partial charge in [0.15, 0.2) is 5.11 Å². The molecule has 1 aromatic rings. The van der Waals surface area contributed by atoms with E-state index in [0.717, 1.165) is 29.6 Å². The lowest BCUT2D eigenvalue weighted by molar-refractivity contribution is 0.276. The third kappa shape index (κ3) is 3.60. The minimum atomic E-state index is 0.716. The molecule has 0 aromatic heterocycles. The number of benzene rings is 1. The lowest BCUT2D eigenvalue weighted by atomic mass is 10.0. The van der Waals surface area contributed by atoms with Crippen LogP contribution in [0.15, 0.2) is 18.2 Å². The first kappa shape index (κ1) is 14.1. The van der Waals surface area contributed by atoms with Crippen molar-refractivity contribution in [2.24, 2.45) is 5.92 Å². The summed E-state index contributed by atoms with van der Waals surface area (Å²) in [6.45, 7) is 6.43. The van der Waals surface area contributed by atoms with E-state index in [2.05, 4.69) is 30.1 Å². The summed E-state index contributed by atoms with van der Waals surface area (Å²) in [5.74, 6) is 1.55. The summed E-state index contributed by atoms with van der Waals surface area (Å²) in [6, 6.07) is 6.08. The number of anilines is 1. The first-order chi connectivity index (χ1) is 9.10. The van der Waals surface area contributed by atoms with Gasteiger partial charge in [-0.1, -0.05) is 13.0 Å². The minimum Gasteiger partial charge on any atom is -0.495 e. The van der Waals surface area contributed by atoms with Crippen molar-refractivity contribution < 1.29 is 4.74 Å². The molecule has 1 unspecified atom stereocenters. The maximum atomic E-state index is 5.52. The lowest BCUT2D eigenvalue weighted by Crippen LogP contribution is -2.41. The fourth-order valence-corrected chi connectivity index (χ4v) is 2.76. The molecule has 0 spiro atoms. The first-order valence-corrected chi connectivity index (χ1v) is 7.21. The van der Waals surface area contributed by atoms with Crippen molar-refractivity contribution in [1.29, 1.82) is 0 Å². The van der Waals surface area contributed by atoms with Crippen LogP contribution in [0, 0.1) is 12.8 Å². The lowest BCUT2D eigenvalue weighted by Gasteiger charge is -2.33. The third-order valence-corrected chi connectivity index (χ3v) is 3.90. The monoisotopic (exact) mass is 278 g/mol. The van der Waals surface area contributed by atoms with Gasteiger partial charge in [0.2, 0.25) is 0 Å². The van der Waals surface area contributed by atoms with Gasteiger partial charge in [0, 0.05) is 13.1 Å². The van der Waals surface area contributed by atoms with Crippen LogP contribution in [-0.4, -0.2) is 30.2 Å². The zero-order valence-electron chi connectivity index (χ0n) is 11.9. The third-order valence-electron chi connectivity index (χ3n) is 3.54. The van der Waals surface area contributed by atoms with Gasteiger partial charge in [0.25, 0.3) is 0 Å². The van der Waals surface area contributed by atoms with Crippen molar-refractivity contribution in [3.8, 4) is 5.75 Å². The van der Waals surface area contributed by atoms with Crippen molar-refractivity contribution in [2.75, 3.05) is 25.5 Å². The molecule has 1 N–H and O–H groups in total. The first-order valence-electron chi connectivity index (χ1n) is 6.80. The predicted octanol–water partition coefficient (Wildman–Crippen LogP) is 3.43. The Labute approximate surface area is 120 Å². The Morgan fingerprint density at radius 2 is 2.26 bits per heavy atom. The number of ether oxygens (including phenoxy) is 1. The maximum Gasteiger partial charge on any atom is 0.173 e. The Balaban J connectivity index is 2.07. The summed E-state index contributed by atoms with van der Waals surface area (Å²) in [4.78, 5) is 2.26. The highest BCUT2D eigenvalue weighted by atomic mass is 32.1. The molecule has 1 aliphatic heterocycles. The van der Waals surface area contributed by atoms with E-state index in [1.165, 1.54) is 18.4 Å². The van der Waals surface area contributed by atoms with E-state index in [4.69, 9.17) is 17.0 Å². The number of rotatable bonds is 2. The second kappa shape index (κ2) is 6.24. The topological polar surface area (TPSA) is 24.5 Å². The van der Waals surface area contributed by atoms with E-state index in [1.54, 1.807) is 7.11 Å². The fourth-order valence-electron chi connectivity index (χ4n) is 2.49. The highest BCUT2D eigenvalue weighted by Crippen LogP contribution is 2.26. The van der Waals surface area contributed by atoms with Gasteiger partial charge in [0.05, 0.1) is 12.8 Å². The van der Waals surface area contributed by atoms with E-state index < -0.39 is 0 Å². The second-order valence-electron chi connectivity index (χ2n) is 5.33. The molecule has 104 valence electrons. The van der Waals surface area contributed by atoms with Gasteiger partial charge < -0.3 is 15.0 Å². The number of thiocarbonyl (C=S) groups is 1. The van der Waals surface area contributed by atoms with E-state index in [1.807, 2.05) is 12.1 Å². The largest absolute Gasteiger partial charge is 0.495 e. The highest BCUT2D eigenvalue weighted by Gasteiger charge is 2.19. The Hall–Kier alpha value is -1.29. The fraction of sp³-hybridized carbons (Fsp3) is 0.533. The summed E-state index contributed by atoms with van der Waals surface area (Å²) in [5, 5.41) is 4.13. The molecule has 3 nitrogen and oxygen atoms in total. The number of aryl methyl sites for hydroxylation is 1. The van der Waals surface area contributed by atoms with E-state index in [-0.39, 0.29) is 0 Å². The summed E-state index contributed by atoms with van der Waals surface area (Å²) in [6.07, 6.45) is 2.51. The Morgan fingerprint density at radius 3 is 2.95 bits per heavy atom. The highest BCUT2D eigenvalue weighted by molar-refractivity contribution is 7.80. The van der Waals surface area contributed by atoms with Crippen molar-refractivity contribution in [2.45, 2.75) is 26.7 Å². The summed E-state index contributed by atoms with van der Waals surface area (Å²) in [7, 11) is 1.68. The molecule has 1 aromatic carbocycles. The zero-order chi connectivity index (χ0) is 13.8. The van der Waals surface area contributed by atoms with Gasteiger partial charge in [-0.3, -0.25) is 0 Å².